The Morgan fingerprint density at radius 1 is 1.00 bits per heavy atom. The topological polar surface area (TPSA) is 3.24 Å². The van der Waals surface area contributed by atoms with Gasteiger partial charge >= 0.3 is 0 Å². The largest absolute Gasteiger partial charge is 0.300 e. The van der Waals surface area contributed by atoms with Crippen molar-refractivity contribution in [2.75, 3.05) is 13.1 Å². The highest BCUT2D eigenvalue weighted by molar-refractivity contribution is 5.70. The van der Waals surface area contributed by atoms with Crippen LogP contribution in [0.5, 0.6) is 0 Å². The second kappa shape index (κ2) is 9.57. The third-order valence-corrected chi connectivity index (χ3v) is 6.21. The summed E-state index contributed by atoms with van der Waals surface area (Å²) in [6.45, 7) is 7.23. The number of aryl methyl sites for hydroxylation is 1. The smallest absolute Gasteiger partial charge is 0.0139 e. The normalized spacial score (nSPS) is 20.4. The first kappa shape index (κ1) is 18.7. The maximum Gasteiger partial charge on any atom is 0.0139 e. The molecule has 2 aliphatic carbocycles. The Morgan fingerprint density at radius 3 is 2.48 bits per heavy atom. The SMILES string of the molecule is CCCCN(CCCC)C1CCc2cccc(C3=CCCCC3)c2C1. The summed E-state index contributed by atoms with van der Waals surface area (Å²) < 4.78 is 0. The summed E-state index contributed by atoms with van der Waals surface area (Å²) in [6, 6.07) is 7.85. The van der Waals surface area contributed by atoms with E-state index >= 15 is 0 Å². The van der Waals surface area contributed by atoms with Crippen molar-refractivity contribution in [3.05, 3.63) is 41.0 Å². The van der Waals surface area contributed by atoms with E-state index in [0.29, 0.717) is 0 Å². The number of rotatable bonds is 8. The van der Waals surface area contributed by atoms with Crippen LogP contribution in [0.1, 0.15) is 88.3 Å². The molecule has 1 unspecified atom stereocenters. The summed E-state index contributed by atoms with van der Waals surface area (Å²) in [5, 5.41) is 0. The van der Waals surface area contributed by atoms with E-state index in [1.807, 2.05) is 0 Å². The Labute approximate surface area is 155 Å². The van der Waals surface area contributed by atoms with Crippen molar-refractivity contribution >= 4 is 5.57 Å². The Morgan fingerprint density at radius 2 is 1.80 bits per heavy atom. The molecule has 0 N–H and O–H groups in total. The van der Waals surface area contributed by atoms with Crippen molar-refractivity contribution in [1.29, 1.82) is 0 Å². The molecule has 1 aromatic carbocycles. The maximum atomic E-state index is 2.82. The van der Waals surface area contributed by atoms with E-state index < -0.39 is 0 Å². The zero-order valence-corrected chi connectivity index (χ0v) is 16.5. The Kier molecular flexibility index (Phi) is 7.16. The van der Waals surface area contributed by atoms with Gasteiger partial charge in [-0.1, -0.05) is 51.0 Å². The van der Waals surface area contributed by atoms with E-state index in [1.165, 1.54) is 83.7 Å². The van der Waals surface area contributed by atoms with Crippen LogP contribution in [-0.4, -0.2) is 24.0 Å². The molecule has 0 heterocycles. The number of allylic oxidation sites excluding steroid dienone is 2. The minimum absolute atomic E-state index is 0.760. The molecule has 1 heteroatoms. The highest BCUT2D eigenvalue weighted by Gasteiger charge is 2.26. The molecule has 0 aromatic heterocycles. The summed E-state index contributed by atoms with van der Waals surface area (Å²) >= 11 is 0. The Hall–Kier alpha value is -1.08. The van der Waals surface area contributed by atoms with Gasteiger partial charge in [0.2, 0.25) is 0 Å². The fourth-order valence-corrected chi connectivity index (χ4v) is 4.66. The Bertz CT molecular complexity index is 563. The summed E-state index contributed by atoms with van der Waals surface area (Å²) in [4.78, 5) is 2.82. The summed E-state index contributed by atoms with van der Waals surface area (Å²) in [6.07, 6.45) is 17.1. The fourth-order valence-electron chi connectivity index (χ4n) is 4.66. The van der Waals surface area contributed by atoms with Crippen molar-refractivity contribution in [1.82, 2.24) is 4.90 Å². The third-order valence-electron chi connectivity index (χ3n) is 6.21. The number of fused-ring (bicyclic) bond motifs is 1. The van der Waals surface area contributed by atoms with Gasteiger partial charge in [-0.2, -0.15) is 0 Å². The molecule has 0 spiro atoms. The molecule has 1 nitrogen and oxygen atoms in total. The molecule has 0 radical (unpaired) electrons. The second-order valence-electron chi connectivity index (χ2n) is 8.06. The summed E-state index contributed by atoms with van der Waals surface area (Å²) in [5.74, 6) is 0. The molecule has 1 atom stereocenters. The van der Waals surface area contributed by atoms with E-state index in [1.54, 1.807) is 22.3 Å². The molecular formula is C24H37N. The van der Waals surface area contributed by atoms with Crippen LogP contribution in [0.15, 0.2) is 24.3 Å². The van der Waals surface area contributed by atoms with Crippen LogP contribution in [0.3, 0.4) is 0 Å². The van der Waals surface area contributed by atoms with Crippen molar-refractivity contribution in [3.63, 3.8) is 0 Å². The summed E-state index contributed by atoms with van der Waals surface area (Å²) in [5.41, 5.74) is 6.54. The van der Waals surface area contributed by atoms with Crippen LogP contribution in [0, 0.1) is 0 Å². The van der Waals surface area contributed by atoms with Gasteiger partial charge in [-0.05, 0) is 93.1 Å². The number of unbranched alkanes of at least 4 members (excludes halogenated alkanes) is 2. The van der Waals surface area contributed by atoms with Gasteiger partial charge in [0.15, 0.2) is 0 Å². The van der Waals surface area contributed by atoms with Gasteiger partial charge in [0.1, 0.15) is 0 Å². The molecule has 0 fully saturated rings. The van der Waals surface area contributed by atoms with Gasteiger partial charge in [-0.3, -0.25) is 0 Å². The van der Waals surface area contributed by atoms with E-state index in [2.05, 4.69) is 43.0 Å². The lowest BCUT2D eigenvalue weighted by Crippen LogP contribution is -2.40. The number of hydrogen-bond acceptors (Lipinski definition) is 1. The van der Waals surface area contributed by atoms with E-state index in [-0.39, 0.29) is 0 Å². The lowest BCUT2D eigenvalue weighted by Gasteiger charge is -2.36. The van der Waals surface area contributed by atoms with E-state index in [4.69, 9.17) is 0 Å². The monoisotopic (exact) mass is 339 g/mol. The molecule has 0 saturated carbocycles. The van der Waals surface area contributed by atoms with Crippen LogP contribution in [0.4, 0.5) is 0 Å². The van der Waals surface area contributed by atoms with Crippen molar-refractivity contribution in [2.24, 2.45) is 0 Å². The molecule has 0 saturated heterocycles. The summed E-state index contributed by atoms with van der Waals surface area (Å²) in [7, 11) is 0. The molecule has 0 amide bonds. The lowest BCUT2D eigenvalue weighted by molar-refractivity contribution is 0.174. The van der Waals surface area contributed by atoms with Crippen LogP contribution in [0.25, 0.3) is 5.57 Å². The van der Waals surface area contributed by atoms with Gasteiger partial charge in [-0.15, -0.1) is 0 Å². The van der Waals surface area contributed by atoms with Crippen LogP contribution in [0.2, 0.25) is 0 Å². The van der Waals surface area contributed by atoms with Gasteiger partial charge in [-0.25, -0.2) is 0 Å². The van der Waals surface area contributed by atoms with E-state index in [0.717, 1.165) is 6.04 Å². The molecular weight excluding hydrogens is 302 g/mol. The first-order valence-electron chi connectivity index (χ1n) is 10.9. The standard InChI is InChI=1S/C24H37N/c1-3-5-17-25(18-6-4-2)22-16-15-21-13-10-14-23(24(21)19-22)20-11-8-7-9-12-20/h10-11,13-14,22H,3-9,12,15-19H2,1-2H3. The highest BCUT2D eigenvalue weighted by Crippen LogP contribution is 2.35. The first-order chi connectivity index (χ1) is 12.3. The predicted molar refractivity (Wildman–Crippen MR) is 110 cm³/mol. The molecule has 138 valence electrons. The number of benzene rings is 1. The van der Waals surface area contributed by atoms with Gasteiger partial charge in [0, 0.05) is 6.04 Å². The highest BCUT2D eigenvalue weighted by atomic mass is 15.1. The predicted octanol–water partition coefficient (Wildman–Crippen LogP) is 6.40. The van der Waals surface area contributed by atoms with Crippen LogP contribution in [-0.2, 0) is 12.8 Å². The average Bonchev–Trinajstić information content (AvgIpc) is 2.68. The molecule has 1 aromatic rings. The number of nitrogens with zero attached hydrogens (tertiary/aromatic N) is 1. The minimum atomic E-state index is 0.760. The van der Waals surface area contributed by atoms with Crippen molar-refractivity contribution in [2.45, 2.75) is 90.5 Å². The van der Waals surface area contributed by atoms with Crippen LogP contribution < -0.4 is 0 Å². The van der Waals surface area contributed by atoms with Gasteiger partial charge < -0.3 is 4.90 Å². The van der Waals surface area contributed by atoms with Crippen LogP contribution >= 0.6 is 0 Å². The first-order valence-corrected chi connectivity index (χ1v) is 10.9. The molecule has 0 aliphatic heterocycles. The molecule has 3 rings (SSSR count). The van der Waals surface area contributed by atoms with Crippen molar-refractivity contribution < 1.29 is 0 Å². The third kappa shape index (κ3) is 4.76. The zero-order valence-electron chi connectivity index (χ0n) is 16.5. The molecule has 25 heavy (non-hydrogen) atoms. The molecule has 2 aliphatic rings. The van der Waals surface area contributed by atoms with E-state index in [9.17, 15) is 0 Å². The number of hydrogen-bond donors (Lipinski definition) is 0. The quantitative estimate of drug-likeness (QED) is 0.529. The lowest BCUT2D eigenvalue weighted by atomic mass is 9.81. The molecule has 0 bridgehead atoms. The van der Waals surface area contributed by atoms with Gasteiger partial charge in [0.25, 0.3) is 0 Å². The Balaban J connectivity index is 1.79. The fraction of sp³-hybridized carbons (Fsp3) is 0.667. The maximum absolute atomic E-state index is 2.82. The second-order valence-corrected chi connectivity index (χ2v) is 8.06. The van der Waals surface area contributed by atoms with Crippen molar-refractivity contribution in [3.8, 4) is 0 Å². The van der Waals surface area contributed by atoms with Gasteiger partial charge in [0.05, 0.1) is 0 Å². The minimum Gasteiger partial charge on any atom is -0.300 e. The average molecular weight is 340 g/mol. The zero-order chi connectivity index (χ0) is 17.5.